The van der Waals surface area contributed by atoms with Gasteiger partial charge in [-0.3, -0.25) is 0 Å². The van der Waals surface area contributed by atoms with Crippen molar-refractivity contribution >= 4 is 11.8 Å². The van der Waals surface area contributed by atoms with E-state index in [-0.39, 0.29) is 0 Å². The van der Waals surface area contributed by atoms with Gasteiger partial charge in [0.1, 0.15) is 0 Å². The van der Waals surface area contributed by atoms with Crippen molar-refractivity contribution in [3.8, 4) is 66.8 Å². The van der Waals surface area contributed by atoms with Gasteiger partial charge in [0.15, 0.2) is 0 Å². The molecule has 0 atom stereocenters. The first kappa shape index (κ1) is 53.7. The summed E-state index contributed by atoms with van der Waals surface area (Å²) < 4.78 is 0. The smallest absolute Gasteiger partial charge is 0.0230 e. The Hall–Kier alpha value is -5.11. The average molecular weight is 960 g/mol. The summed E-state index contributed by atoms with van der Waals surface area (Å²) in [5, 5.41) is 0. The van der Waals surface area contributed by atoms with Gasteiger partial charge in [-0.15, -0.1) is 11.8 Å². The maximum absolute atomic E-state index is 2.61. The largest absolute Gasteiger partial charge is 0.125 e. The minimum Gasteiger partial charge on any atom is -0.125 e. The molecule has 7 rings (SSSR count). The Bertz CT molecular complexity index is 2760. The quantitative estimate of drug-likeness (QED) is 0.0610. The lowest BCUT2D eigenvalue weighted by molar-refractivity contribution is 0.836. The summed E-state index contributed by atoms with van der Waals surface area (Å²) in [6, 6.07) is 50.5. The standard InChI is InChI=1S/C70H86S/c1-18-19-35-71-70-64(40-55(68-60(46(10)11)31-23-32-61(68)47(12)13)41-65(70)69-62(48(14)15)33-24-34-63(69)49(16)17)51-26-20-25-50(36-51)52-37-53(66-56(42(2)3)27-21-28-57(66)43(4)5)39-54(38-52)67-58(44(6)7)29-22-30-59(67)45(8)9/h20-34,36-49H,18-19,35H2,1-17H3. The van der Waals surface area contributed by atoms with Crippen molar-refractivity contribution in [1.82, 2.24) is 0 Å². The maximum atomic E-state index is 2.61. The van der Waals surface area contributed by atoms with Gasteiger partial charge in [-0.05, 0) is 207 Å². The van der Waals surface area contributed by atoms with E-state index in [0.717, 1.165) is 5.75 Å². The van der Waals surface area contributed by atoms with Crippen molar-refractivity contribution in [3.05, 3.63) is 172 Å². The normalized spacial score (nSPS) is 12.1. The van der Waals surface area contributed by atoms with Gasteiger partial charge in [0.05, 0.1) is 0 Å². The van der Waals surface area contributed by atoms with Crippen LogP contribution in [0.3, 0.4) is 0 Å². The fourth-order valence-corrected chi connectivity index (χ4v) is 12.4. The molecular weight excluding hydrogens is 873 g/mol. The molecule has 0 nitrogen and oxygen atoms in total. The first-order valence-corrected chi connectivity index (χ1v) is 28.4. The van der Waals surface area contributed by atoms with E-state index in [9.17, 15) is 0 Å². The van der Waals surface area contributed by atoms with Crippen LogP contribution >= 0.6 is 11.8 Å². The van der Waals surface area contributed by atoms with Gasteiger partial charge >= 0.3 is 0 Å². The van der Waals surface area contributed by atoms with Crippen LogP contribution in [0.25, 0.3) is 66.8 Å². The summed E-state index contributed by atoms with van der Waals surface area (Å²) in [5.74, 6) is 4.10. The van der Waals surface area contributed by atoms with Gasteiger partial charge in [-0.25, -0.2) is 0 Å². The molecule has 0 aliphatic heterocycles. The predicted molar refractivity (Wildman–Crippen MR) is 317 cm³/mol. The maximum Gasteiger partial charge on any atom is 0.0230 e. The summed E-state index contributed by atoms with van der Waals surface area (Å²) in [6.07, 6.45) is 2.34. The highest BCUT2D eigenvalue weighted by Crippen LogP contribution is 2.50. The molecular formula is C70H86S. The van der Waals surface area contributed by atoms with Gasteiger partial charge in [0, 0.05) is 4.90 Å². The van der Waals surface area contributed by atoms with Crippen LogP contribution in [0.4, 0.5) is 0 Å². The zero-order valence-electron chi connectivity index (χ0n) is 46.8. The Labute approximate surface area is 436 Å². The van der Waals surface area contributed by atoms with Gasteiger partial charge in [-0.2, -0.15) is 0 Å². The Morgan fingerprint density at radius 3 is 0.930 bits per heavy atom. The molecule has 0 saturated heterocycles. The Morgan fingerprint density at radius 2 is 0.577 bits per heavy atom. The van der Waals surface area contributed by atoms with E-state index in [4.69, 9.17) is 0 Å². The number of thioether (sulfide) groups is 1. The molecule has 0 fully saturated rings. The van der Waals surface area contributed by atoms with Crippen LogP contribution in [-0.4, -0.2) is 5.75 Å². The van der Waals surface area contributed by atoms with E-state index in [2.05, 4.69) is 257 Å². The van der Waals surface area contributed by atoms with Crippen LogP contribution < -0.4 is 0 Å². The van der Waals surface area contributed by atoms with Crippen LogP contribution in [0, 0.1) is 0 Å². The summed E-state index contributed by atoms with van der Waals surface area (Å²) in [4.78, 5) is 1.40. The summed E-state index contributed by atoms with van der Waals surface area (Å²) in [6.45, 7) is 40.1. The molecule has 7 aromatic rings. The molecule has 0 saturated carbocycles. The SMILES string of the molecule is CCCCSc1c(-c2cccc(-c3cc(-c4c(C(C)C)cccc4C(C)C)cc(-c4c(C(C)C)cccc4C(C)C)c3)c2)cc(-c2c(C(C)C)cccc2C(C)C)cc1-c1c(C(C)C)cccc1C(C)C. The molecule has 0 amide bonds. The Morgan fingerprint density at radius 1 is 0.296 bits per heavy atom. The number of unbranched alkanes of at least 4 members (excludes halogenated alkanes) is 1. The average Bonchev–Trinajstić information content (AvgIpc) is 3.35. The van der Waals surface area contributed by atoms with Crippen molar-refractivity contribution in [2.24, 2.45) is 0 Å². The second kappa shape index (κ2) is 23.2. The van der Waals surface area contributed by atoms with Gasteiger partial charge in [-0.1, -0.05) is 215 Å². The highest BCUT2D eigenvalue weighted by molar-refractivity contribution is 7.99. The molecule has 0 aliphatic rings. The molecule has 0 aromatic heterocycles. The predicted octanol–water partition coefficient (Wildman–Crippen LogP) is 22.6. The van der Waals surface area contributed by atoms with Gasteiger partial charge in [0.25, 0.3) is 0 Å². The van der Waals surface area contributed by atoms with Crippen molar-refractivity contribution in [2.75, 3.05) is 5.75 Å². The van der Waals surface area contributed by atoms with Gasteiger partial charge in [0.2, 0.25) is 0 Å². The lowest BCUT2D eigenvalue weighted by Crippen LogP contribution is -2.04. The first-order valence-electron chi connectivity index (χ1n) is 27.4. The van der Waals surface area contributed by atoms with Crippen molar-refractivity contribution in [1.29, 1.82) is 0 Å². The van der Waals surface area contributed by atoms with Crippen LogP contribution in [0.15, 0.2) is 132 Å². The number of hydrogen-bond acceptors (Lipinski definition) is 1. The van der Waals surface area contributed by atoms with Crippen molar-refractivity contribution in [3.63, 3.8) is 0 Å². The second-order valence-corrected chi connectivity index (χ2v) is 24.1. The van der Waals surface area contributed by atoms with Crippen LogP contribution in [0.2, 0.25) is 0 Å². The van der Waals surface area contributed by atoms with E-state index >= 15 is 0 Å². The third kappa shape index (κ3) is 11.4. The number of benzene rings is 7. The molecule has 0 unspecified atom stereocenters. The van der Waals surface area contributed by atoms with E-state index in [1.807, 2.05) is 0 Å². The molecule has 0 aliphatic carbocycles. The highest BCUT2D eigenvalue weighted by Gasteiger charge is 2.26. The fourth-order valence-electron chi connectivity index (χ4n) is 11.1. The third-order valence-electron chi connectivity index (χ3n) is 14.9. The topological polar surface area (TPSA) is 0 Å². The van der Waals surface area contributed by atoms with Crippen molar-refractivity contribution < 1.29 is 0 Å². The summed E-state index contributed by atoms with van der Waals surface area (Å²) in [5.41, 5.74) is 27.4. The van der Waals surface area contributed by atoms with Crippen LogP contribution in [-0.2, 0) is 0 Å². The summed E-state index contributed by atoms with van der Waals surface area (Å²) >= 11 is 2.07. The van der Waals surface area contributed by atoms with E-state index in [0.29, 0.717) is 47.3 Å². The van der Waals surface area contributed by atoms with E-state index < -0.39 is 0 Å². The minimum atomic E-state index is 0.373. The molecule has 71 heavy (non-hydrogen) atoms. The zero-order valence-corrected chi connectivity index (χ0v) is 47.6. The monoisotopic (exact) mass is 959 g/mol. The highest BCUT2D eigenvalue weighted by atomic mass is 32.2. The number of rotatable bonds is 18. The molecule has 0 heterocycles. The second-order valence-electron chi connectivity index (χ2n) is 23.0. The van der Waals surface area contributed by atoms with Crippen LogP contribution in [0.5, 0.6) is 0 Å². The third-order valence-corrected chi connectivity index (χ3v) is 16.1. The molecule has 7 aromatic carbocycles. The first-order chi connectivity index (χ1) is 33.8. The fraction of sp³-hybridized carbons (Fsp3) is 0.400. The molecule has 372 valence electrons. The minimum absolute atomic E-state index is 0.373. The molecule has 0 radical (unpaired) electrons. The Kier molecular flexibility index (Phi) is 17.5. The Balaban J connectivity index is 1.63. The summed E-state index contributed by atoms with van der Waals surface area (Å²) in [7, 11) is 0. The van der Waals surface area contributed by atoms with Crippen molar-refractivity contribution in [2.45, 2.75) is 183 Å². The number of hydrogen-bond donors (Lipinski definition) is 0. The van der Waals surface area contributed by atoms with Crippen LogP contribution in [0.1, 0.15) is 222 Å². The lowest BCUT2D eigenvalue weighted by Gasteiger charge is -2.26. The zero-order chi connectivity index (χ0) is 51.4. The van der Waals surface area contributed by atoms with Gasteiger partial charge < -0.3 is 0 Å². The molecule has 0 bridgehead atoms. The van der Waals surface area contributed by atoms with E-state index in [1.165, 1.54) is 129 Å². The molecule has 0 spiro atoms. The molecule has 0 N–H and O–H groups in total. The van der Waals surface area contributed by atoms with E-state index in [1.54, 1.807) is 0 Å². The molecule has 1 heteroatoms. The lowest BCUT2D eigenvalue weighted by atomic mass is 9.80.